The number of benzene rings is 1. The van der Waals surface area contributed by atoms with Gasteiger partial charge in [-0.2, -0.15) is 0 Å². The Labute approximate surface area is 134 Å². The summed E-state index contributed by atoms with van der Waals surface area (Å²) in [7, 11) is 1.73. The van der Waals surface area contributed by atoms with Gasteiger partial charge in [-0.15, -0.1) is 0 Å². The lowest BCUT2D eigenvalue weighted by atomic mass is 9.80. The molecule has 2 rings (SSSR count). The second-order valence-corrected chi connectivity index (χ2v) is 6.29. The van der Waals surface area contributed by atoms with Crippen molar-refractivity contribution in [2.24, 2.45) is 0 Å². The highest BCUT2D eigenvalue weighted by Crippen LogP contribution is 2.34. The Hall–Kier alpha value is -1.07. The van der Waals surface area contributed by atoms with Crippen molar-refractivity contribution in [3.05, 3.63) is 28.7 Å². The maximum atomic E-state index is 12.5. The molecule has 1 aliphatic carbocycles. The molecule has 116 valence electrons. The number of anilines is 1. The molecule has 1 aromatic carbocycles. The summed E-state index contributed by atoms with van der Waals surface area (Å²) < 4.78 is 11.7. The first-order valence-electron chi connectivity index (χ1n) is 7.33. The van der Waals surface area contributed by atoms with Crippen LogP contribution in [0.3, 0.4) is 0 Å². The summed E-state index contributed by atoms with van der Waals surface area (Å²) in [5.74, 6) is -0.164. The number of methoxy groups -OCH3 is 1. The Morgan fingerprint density at radius 3 is 2.48 bits per heavy atom. The van der Waals surface area contributed by atoms with E-state index in [1.54, 1.807) is 7.11 Å². The highest BCUT2D eigenvalue weighted by molar-refractivity contribution is 9.10. The zero-order valence-electron chi connectivity index (χ0n) is 12.5. The van der Waals surface area contributed by atoms with E-state index in [-0.39, 0.29) is 12.1 Å². The molecule has 5 heteroatoms. The van der Waals surface area contributed by atoms with E-state index in [9.17, 15) is 4.79 Å². The van der Waals surface area contributed by atoms with Crippen LogP contribution in [0.4, 0.5) is 5.69 Å². The zero-order chi connectivity index (χ0) is 15.3. The topological polar surface area (TPSA) is 47.6 Å². The van der Waals surface area contributed by atoms with Gasteiger partial charge in [-0.05, 0) is 56.9 Å². The van der Waals surface area contributed by atoms with E-state index in [4.69, 9.17) is 9.47 Å². The molecular weight excluding hydrogens is 334 g/mol. The largest absolute Gasteiger partial charge is 0.464 e. The molecule has 1 fully saturated rings. The average molecular weight is 356 g/mol. The van der Waals surface area contributed by atoms with E-state index < -0.39 is 5.54 Å². The predicted molar refractivity (Wildman–Crippen MR) is 86.4 cm³/mol. The van der Waals surface area contributed by atoms with Crippen LogP contribution in [-0.4, -0.2) is 31.3 Å². The van der Waals surface area contributed by atoms with Crippen molar-refractivity contribution in [1.29, 1.82) is 0 Å². The minimum absolute atomic E-state index is 0.164. The van der Waals surface area contributed by atoms with E-state index in [1.807, 2.05) is 31.2 Å². The minimum Gasteiger partial charge on any atom is -0.464 e. The molecule has 0 unspecified atom stereocenters. The molecule has 21 heavy (non-hydrogen) atoms. The SMILES string of the molecule is CCOC(=O)C1(Nc2ccc(Br)cc2)CCC(OC)CC1. The van der Waals surface area contributed by atoms with Crippen LogP contribution in [0, 0.1) is 0 Å². The smallest absolute Gasteiger partial charge is 0.331 e. The lowest BCUT2D eigenvalue weighted by molar-refractivity contribution is -0.150. The van der Waals surface area contributed by atoms with Gasteiger partial charge < -0.3 is 14.8 Å². The van der Waals surface area contributed by atoms with Crippen molar-refractivity contribution in [1.82, 2.24) is 0 Å². The summed E-state index contributed by atoms with van der Waals surface area (Å²) in [6.07, 6.45) is 3.40. The maximum Gasteiger partial charge on any atom is 0.331 e. The number of hydrogen-bond acceptors (Lipinski definition) is 4. The molecule has 0 atom stereocenters. The molecule has 0 amide bonds. The number of nitrogens with one attached hydrogen (secondary N) is 1. The molecule has 1 saturated carbocycles. The number of hydrogen-bond donors (Lipinski definition) is 1. The van der Waals surface area contributed by atoms with Crippen molar-refractivity contribution >= 4 is 27.6 Å². The number of carbonyl (C=O) groups excluding carboxylic acids is 1. The van der Waals surface area contributed by atoms with Gasteiger partial charge in [0.25, 0.3) is 0 Å². The third-order valence-corrected chi connectivity index (χ3v) is 4.54. The first-order valence-corrected chi connectivity index (χ1v) is 8.12. The average Bonchev–Trinajstić information content (AvgIpc) is 2.50. The van der Waals surface area contributed by atoms with Crippen LogP contribution in [0.15, 0.2) is 28.7 Å². The fourth-order valence-electron chi connectivity index (χ4n) is 2.78. The van der Waals surface area contributed by atoms with Gasteiger partial charge in [0, 0.05) is 17.3 Å². The van der Waals surface area contributed by atoms with Crippen molar-refractivity contribution < 1.29 is 14.3 Å². The molecule has 0 spiro atoms. The van der Waals surface area contributed by atoms with Crippen LogP contribution in [0.2, 0.25) is 0 Å². The first-order chi connectivity index (χ1) is 10.1. The second kappa shape index (κ2) is 7.27. The second-order valence-electron chi connectivity index (χ2n) is 5.37. The van der Waals surface area contributed by atoms with E-state index in [0.29, 0.717) is 6.61 Å². The van der Waals surface area contributed by atoms with E-state index in [1.165, 1.54) is 0 Å². The van der Waals surface area contributed by atoms with Gasteiger partial charge >= 0.3 is 5.97 Å². The summed E-state index contributed by atoms with van der Waals surface area (Å²) in [5, 5.41) is 3.40. The monoisotopic (exact) mass is 355 g/mol. The molecule has 0 heterocycles. The van der Waals surface area contributed by atoms with Gasteiger partial charge in [0.1, 0.15) is 5.54 Å². The molecule has 0 aromatic heterocycles. The van der Waals surface area contributed by atoms with E-state index >= 15 is 0 Å². The number of carbonyl (C=O) groups is 1. The molecule has 0 radical (unpaired) electrons. The number of rotatable bonds is 5. The quantitative estimate of drug-likeness (QED) is 0.817. The molecular formula is C16H22BrNO3. The van der Waals surface area contributed by atoms with Crippen molar-refractivity contribution in [2.75, 3.05) is 19.0 Å². The third-order valence-electron chi connectivity index (χ3n) is 4.01. The van der Waals surface area contributed by atoms with Crippen LogP contribution in [0.5, 0.6) is 0 Å². The molecule has 0 aliphatic heterocycles. The number of ether oxygens (including phenoxy) is 2. The first kappa shape index (κ1) is 16.3. The maximum absolute atomic E-state index is 12.5. The molecule has 1 N–H and O–H groups in total. The normalized spacial score (nSPS) is 25.4. The van der Waals surface area contributed by atoms with Gasteiger partial charge in [-0.3, -0.25) is 0 Å². The Morgan fingerprint density at radius 2 is 1.95 bits per heavy atom. The van der Waals surface area contributed by atoms with Crippen LogP contribution < -0.4 is 5.32 Å². The molecule has 1 aliphatic rings. The highest BCUT2D eigenvalue weighted by Gasteiger charge is 2.43. The molecule has 4 nitrogen and oxygen atoms in total. The molecule has 0 saturated heterocycles. The zero-order valence-corrected chi connectivity index (χ0v) is 14.1. The number of halogens is 1. The van der Waals surface area contributed by atoms with Crippen LogP contribution in [-0.2, 0) is 14.3 Å². The van der Waals surface area contributed by atoms with Crippen LogP contribution in [0.25, 0.3) is 0 Å². The van der Waals surface area contributed by atoms with Gasteiger partial charge in [-0.1, -0.05) is 15.9 Å². The Bertz CT molecular complexity index is 467. The van der Waals surface area contributed by atoms with Gasteiger partial charge in [0.05, 0.1) is 12.7 Å². The Balaban J connectivity index is 2.16. The summed E-state index contributed by atoms with van der Waals surface area (Å²) in [5.41, 5.74) is 0.293. The van der Waals surface area contributed by atoms with Gasteiger partial charge in [0.2, 0.25) is 0 Å². The number of esters is 1. The van der Waals surface area contributed by atoms with E-state index in [2.05, 4.69) is 21.2 Å². The highest BCUT2D eigenvalue weighted by atomic mass is 79.9. The fraction of sp³-hybridized carbons (Fsp3) is 0.562. The predicted octanol–water partition coefficient (Wildman–Crippen LogP) is 3.75. The van der Waals surface area contributed by atoms with Gasteiger partial charge in [0.15, 0.2) is 0 Å². The standard InChI is InChI=1S/C16H22BrNO3/c1-3-21-15(19)16(10-8-14(20-2)9-11-16)18-13-6-4-12(17)5-7-13/h4-7,14,18H,3,8-11H2,1-2H3. The van der Waals surface area contributed by atoms with E-state index in [0.717, 1.165) is 35.8 Å². The minimum atomic E-state index is -0.640. The summed E-state index contributed by atoms with van der Waals surface area (Å²) >= 11 is 3.42. The van der Waals surface area contributed by atoms with Crippen LogP contribution >= 0.6 is 15.9 Å². The Kier molecular flexibility index (Phi) is 5.65. The molecule has 0 bridgehead atoms. The third kappa shape index (κ3) is 3.98. The lowest BCUT2D eigenvalue weighted by Crippen LogP contribution is -2.51. The summed E-state index contributed by atoms with van der Waals surface area (Å²) in [6, 6.07) is 7.85. The van der Waals surface area contributed by atoms with Crippen LogP contribution in [0.1, 0.15) is 32.6 Å². The summed E-state index contributed by atoms with van der Waals surface area (Å²) in [6.45, 7) is 2.24. The van der Waals surface area contributed by atoms with Crippen molar-refractivity contribution in [3.63, 3.8) is 0 Å². The molecule has 1 aromatic rings. The summed E-state index contributed by atoms with van der Waals surface area (Å²) in [4.78, 5) is 12.5. The van der Waals surface area contributed by atoms with Crippen molar-refractivity contribution in [2.45, 2.75) is 44.2 Å². The fourth-order valence-corrected chi connectivity index (χ4v) is 3.04. The van der Waals surface area contributed by atoms with Gasteiger partial charge in [-0.25, -0.2) is 4.79 Å². The van der Waals surface area contributed by atoms with Crippen molar-refractivity contribution in [3.8, 4) is 0 Å². The Morgan fingerprint density at radius 1 is 1.33 bits per heavy atom. The lowest BCUT2D eigenvalue weighted by Gasteiger charge is -2.38.